The van der Waals surface area contributed by atoms with E-state index in [1.54, 1.807) is 13.4 Å². The van der Waals surface area contributed by atoms with E-state index < -0.39 is 0 Å². The smallest absolute Gasteiger partial charge is 0.242 e. The van der Waals surface area contributed by atoms with Gasteiger partial charge >= 0.3 is 0 Å². The summed E-state index contributed by atoms with van der Waals surface area (Å²) in [7, 11) is 1.70. The van der Waals surface area contributed by atoms with E-state index in [-0.39, 0.29) is 12.5 Å². The first-order valence-corrected chi connectivity index (χ1v) is 9.37. The molecule has 1 aliphatic rings. The number of carbonyl (C=O) groups is 1. The summed E-state index contributed by atoms with van der Waals surface area (Å²) >= 11 is 0. The van der Waals surface area contributed by atoms with E-state index in [2.05, 4.69) is 50.9 Å². The van der Waals surface area contributed by atoms with Crippen molar-refractivity contribution in [2.75, 3.05) is 26.7 Å². The third kappa shape index (κ3) is 4.84. The Hall–Kier alpha value is -2.90. The van der Waals surface area contributed by atoms with Gasteiger partial charge in [-0.15, -0.1) is 10.2 Å². The van der Waals surface area contributed by atoms with E-state index in [4.69, 9.17) is 0 Å². The fraction of sp³-hybridized carbons (Fsp3) is 0.474. The van der Waals surface area contributed by atoms with Crippen molar-refractivity contribution in [2.24, 2.45) is 4.99 Å². The number of nitrogens with one attached hydrogen (secondary N) is 2. The average Bonchev–Trinajstić information content (AvgIpc) is 3.17. The monoisotopic (exact) mass is 369 g/mol. The van der Waals surface area contributed by atoms with Gasteiger partial charge < -0.3 is 20.1 Å². The second-order valence-electron chi connectivity index (χ2n) is 6.48. The van der Waals surface area contributed by atoms with Gasteiger partial charge in [0, 0.05) is 39.6 Å². The van der Waals surface area contributed by atoms with Crippen LogP contribution in [0, 0.1) is 0 Å². The maximum absolute atomic E-state index is 12.5. The van der Waals surface area contributed by atoms with Crippen molar-refractivity contribution in [1.82, 2.24) is 30.3 Å². The largest absolute Gasteiger partial charge is 0.355 e. The fourth-order valence-electron chi connectivity index (χ4n) is 3.23. The first-order valence-electron chi connectivity index (χ1n) is 9.37. The van der Waals surface area contributed by atoms with E-state index in [0.29, 0.717) is 19.0 Å². The standard InChI is InChI=1S/C19H27N7O/c1-3-17-24-23-14-26(17)11-9-21-19(20-2)22-12-18(27)25-10-8-15-6-4-5-7-16(15)13-25/h4-7,14H,3,8-13H2,1-2H3,(H2,20,21,22). The van der Waals surface area contributed by atoms with E-state index >= 15 is 0 Å². The Morgan fingerprint density at radius 3 is 2.85 bits per heavy atom. The van der Waals surface area contributed by atoms with Gasteiger partial charge in [0.15, 0.2) is 5.96 Å². The second kappa shape index (κ2) is 9.16. The molecule has 1 aliphatic heterocycles. The van der Waals surface area contributed by atoms with Crippen LogP contribution >= 0.6 is 0 Å². The zero-order chi connectivity index (χ0) is 19.1. The molecule has 2 heterocycles. The molecule has 8 heteroatoms. The third-order valence-corrected chi connectivity index (χ3v) is 4.77. The highest BCUT2D eigenvalue weighted by Gasteiger charge is 2.20. The molecule has 1 aromatic heterocycles. The number of aromatic nitrogens is 3. The van der Waals surface area contributed by atoms with Crippen LogP contribution in [0.3, 0.4) is 0 Å². The maximum Gasteiger partial charge on any atom is 0.242 e. The number of benzene rings is 1. The Morgan fingerprint density at radius 1 is 1.26 bits per heavy atom. The molecule has 0 fully saturated rings. The highest BCUT2D eigenvalue weighted by Crippen LogP contribution is 2.18. The van der Waals surface area contributed by atoms with Gasteiger partial charge in [-0.25, -0.2) is 0 Å². The minimum atomic E-state index is 0.0829. The molecular formula is C19H27N7O. The molecule has 1 aromatic carbocycles. The zero-order valence-corrected chi connectivity index (χ0v) is 16.0. The Kier molecular flexibility index (Phi) is 6.40. The first-order chi connectivity index (χ1) is 13.2. The molecular weight excluding hydrogens is 342 g/mol. The summed E-state index contributed by atoms with van der Waals surface area (Å²) in [6.07, 6.45) is 3.49. The summed E-state index contributed by atoms with van der Waals surface area (Å²) in [6, 6.07) is 8.31. The van der Waals surface area contributed by atoms with Gasteiger partial charge in [-0.3, -0.25) is 9.79 Å². The lowest BCUT2D eigenvalue weighted by Gasteiger charge is -2.29. The summed E-state index contributed by atoms with van der Waals surface area (Å²) in [6.45, 7) is 5.14. The topological polar surface area (TPSA) is 87.4 Å². The molecule has 3 rings (SSSR count). The SMILES string of the molecule is CCc1nncn1CCNC(=NC)NCC(=O)N1CCc2ccccc2C1. The molecule has 2 N–H and O–H groups in total. The van der Waals surface area contributed by atoms with Gasteiger partial charge in [0.05, 0.1) is 6.54 Å². The summed E-state index contributed by atoms with van der Waals surface area (Å²) in [5.74, 6) is 1.66. The first kappa shape index (κ1) is 18.9. The predicted octanol–water partition coefficient (Wildman–Crippen LogP) is 0.590. The predicted molar refractivity (Wildman–Crippen MR) is 104 cm³/mol. The number of aryl methyl sites for hydroxylation is 1. The van der Waals surface area contributed by atoms with Crippen LogP contribution < -0.4 is 10.6 Å². The van der Waals surface area contributed by atoms with E-state index in [0.717, 1.165) is 31.8 Å². The molecule has 0 saturated carbocycles. The lowest BCUT2D eigenvalue weighted by atomic mass is 10.00. The lowest BCUT2D eigenvalue weighted by Crippen LogP contribution is -2.46. The summed E-state index contributed by atoms with van der Waals surface area (Å²) in [4.78, 5) is 18.6. The van der Waals surface area contributed by atoms with E-state index in [1.807, 2.05) is 15.5 Å². The minimum Gasteiger partial charge on any atom is -0.355 e. The van der Waals surface area contributed by atoms with Crippen LogP contribution in [-0.2, 0) is 30.7 Å². The lowest BCUT2D eigenvalue weighted by molar-refractivity contribution is -0.130. The molecule has 144 valence electrons. The van der Waals surface area contributed by atoms with Crippen LogP contribution in [0.15, 0.2) is 35.6 Å². The number of amides is 1. The molecule has 0 unspecified atom stereocenters. The molecule has 0 radical (unpaired) electrons. The molecule has 0 aliphatic carbocycles. The van der Waals surface area contributed by atoms with Crippen molar-refractivity contribution in [2.45, 2.75) is 32.9 Å². The third-order valence-electron chi connectivity index (χ3n) is 4.77. The average molecular weight is 369 g/mol. The number of rotatable bonds is 6. The quantitative estimate of drug-likeness (QED) is 0.575. The van der Waals surface area contributed by atoms with Crippen LogP contribution in [0.4, 0.5) is 0 Å². The van der Waals surface area contributed by atoms with Gasteiger partial charge in [0.25, 0.3) is 0 Å². The van der Waals surface area contributed by atoms with Crippen molar-refractivity contribution >= 4 is 11.9 Å². The van der Waals surface area contributed by atoms with Crippen molar-refractivity contribution in [3.63, 3.8) is 0 Å². The maximum atomic E-state index is 12.5. The molecule has 27 heavy (non-hydrogen) atoms. The number of hydrogen-bond acceptors (Lipinski definition) is 4. The highest BCUT2D eigenvalue weighted by atomic mass is 16.2. The molecule has 0 saturated heterocycles. The van der Waals surface area contributed by atoms with Gasteiger partial charge in [0.1, 0.15) is 12.2 Å². The Bertz CT molecular complexity index is 799. The summed E-state index contributed by atoms with van der Waals surface area (Å²) < 4.78 is 2.01. The molecule has 0 bridgehead atoms. The number of guanidine groups is 1. The van der Waals surface area contributed by atoms with Gasteiger partial charge in [0.2, 0.25) is 5.91 Å². The van der Waals surface area contributed by atoms with E-state index in [1.165, 1.54) is 11.1 Å². The molecule has 2 aromatic rings. The van der Waals surface area contributed by atoms with Crippen molar-refractivity contribution in [3.8, 4) is 0 Å². The van der Waals surface area contributed by atoms with Gasteiger partial charge in [-0.2, -0.15) is 0 Å². The number of aliphatic imine (C=N–C) groups is 1. The number of carbonyl (C=O) groups excluding carboxylic acids is 1. The number of nitrogens with zero attached hydrogens (tertiary/aromatic N) is 5. The van der Waals surface area contributed by atoms with Crippen LogP contribution in [0.2, 0.25) is 0 Å². The van der Waals surface area contributed by atoms with Crippen molar-refractivity contribution in [1.29, 1.82) is 0 Å². The Balaban J connectivity index is 1.43. The Morgan fingerprint density at radius 2 is 2.07 bits per heavy atom. The number of hydrogen-bond donors (Lipinski definition) is 2. The summed E-state index contributed by atoms with van der Waals surface area (Å²) in [5, 5.41) is 14.3. The highest BCUT2D eigenvalue weighted by molar-refractivity contribution is 5.86. The molecule has 0 spiro atoms. The minimum absolute atomic E-state index is 0.0829. The number of fused-ring (bicyclic) bond motifs is 1. The van der Waals surface area contributed by atoms with Crippen LogP contribution in [-0.4, -0.2) is 58.2 Å². The van der Waals surface area contributed by atoms with Gasteiger partial charge in [-0.05, 0) is 17.5 Å². The van der Waals surface area contributed by atoms with Crippen molar-refractivity contribution < 1.29 is 4.79 Å². The van der Waals surface area contributed by atoms with Crippen LogP contribution in [0.5, 0.6) is 0 Å². The molecule has 0 atom stereocenters. The molecule has 1 amide bonds. The zero-order valence-electron chi connectivity index (χ0n) is 16.0. The van der Waals surface area contributed by atoms with E-state index in [9.17, 15) is 4.79 Å². The summed E-state index contributed by atoms with van der Waals surface area (Å²) in [5.41, 5.74) is 2.58. The molecule has 8 nitrogen and oxygen atoms in total. The van der Waals surface area contributed by atoms with Crippen molar-refractivity contribution in [3.05, 3.63) is 47.5 Å². The normalized spacial score (nSPS) is 14.0. The van der Waals surface area contributed by atoms with Gasteiger partial charge in [-0.1, -0.05) is 31.2 Å². The van der Waals surface area contributed by atoms with Crippen LogP contribution in [0.25, 0.3) is 0 Å². The van der Waals surface area contributed by atoms with Crippen LogP contribution in [0.1, 0.15) is 23.9 Å². The Labute approximate surface area is 159 Å². The fourth-order valence-corrected chi connectivity index (χ4v) is 3.23. The second-order valence-corrected chi connectivity index (χ2v) is 6.48.